The predicted octanol–water partition coefficient (Wildman–Crippen LogP) is 2.82. The first-order valence-corrected chi connectivity index (χ1v) is 6.86. The summed E-state index contributed by atoms with van der Waals surface area (Å²) < 4.78 is 5.20. The smallest absolute Gasteiger partial charge is 0.319 e. The molecule has 1 rings (SSSR count). The second kappa shape index (κ2) is 7.52. The highest BCUT2D eigenvalue weighted by Crippen LogP contribution is 2.27. The van der Waals surface area contributed by atoms with Crippen molar-refractivity contribution in [2.75, 3.05) is 17.7 Å². The number of rotatable bonds is 5. The molecular formula is C15H23N3O3. The van der Waals surface area contributed by atoms with Crippen molar-refractivity contribution in [3.8, 4) is 5.75 Å². The molecule has 0 aromatic heterocycles. The SMILES string of the molecule is COc1cc(NC(=O)N[C@@H](C)C(C)C)ccc1NC(C)=O. The first kappa shape index (κ1) is 16.8. The van der Waals surface area contributed by atoms with Crippen LogP contribution in [0.5, 0.6) is 5.75 Å². The fraction of sp³-hybridized carbons (Fsp3) is 0.467. The van der Waals surface area contributed by atoms with E-state index in [1.165, 1.54) is 14.0 Å². The molecule has 6 heteroatoms. The average Bonchev–Trinajstić information content (AvgIpc) is 2.39. The lowest BCUT2D eigenvalue weighted by molar-refractivity contribution is -0.114. The first-order chi connectivity index (χ1) is 9.83. The Balaban J connectivity index is 2.76. The van der Waals surface area contributed by atoms with Gasteiger partial charge in [-0.05, 0) is 25.0 Å². The van der Waals surface area contributed by atoms with Gasteiger partial charge in [0.05, 0.1) is 12.8 Å². The highest BCUT2D eigenvalue weighted by atomic mass is 16.5. The molecule has 6 nitrogen and oxygen atoms in total. The van der Waals surface area contributed by atoms with Gasteiger partial charge in [-0.2, -0.15) is 0 Å². The fourth-order valence-corrected chi connectivity index (χ4v) is 1.60. The first-order valence-electron chi connectivity index (χ1n) is 6.86. The highest BCUT2D eigenvalue weighted by Gasteiger charge is 2.12. The summed E-state index contributed by atoms with van der Waals surface area (Å²) in [6, 6.07) is 4.84. The molecule has 0 heterocycles. The van der Waals surface area contributed by atoms with Gasteiger partial charge in [-0.3, -0.25) is 4.79 Å². The van der Waals surface area contributed by atoms with E-state index in [1.54, 1.807) is 18.2 Å². The largest absolute Gasteiger partial charge is 0.494 e. The molecular weight excluding hydrogens is 270 g/mol. The Morgan fingerprint density at radius 2 is 1.81 bits per heavy atom. The molecule has 0 aliphatic heterocycles. The Labute approximate surface area is 125 Å². The number of carbonyl (C=O) groups excluding carboxylic acids is 2. The Morgan fingerprint density at radius 3 is 2.33 bits per heavy atom. The van der Waals surface area contributed by atoms with E-state index < -0.39 is 0 Å². The van der Waals surface area contributed by atoms with E-state index in [-0.39, 0.29) is 18.0 Å². The minimum absolute atomic E-state index is 0.0746. The molecule has 116 valence electrons. The van der Waals surface area contributed by atoms with Gasteiger partial charge in [-0.1, -0.05) is 13.8 Å². The van der Waals surface area contributed by atoms with Crippen LogP contribution in [0.25, 0.3) is 0 Å². The maximum Gasteiger partial charge on any atom is 0.319 e. The van der Waals surface area contributed by atoms with Gasteiger partial charge in [0, 0.05) is 24.7 Å². The molecule has 1 aromatic rings. The molecule has 0 bridgehead atoms. The summed E-state index contributed by atoms with van der Waals surface area (Å²) in [5, 5.41) is 8.25. The zero-order valence-corrected chi connectivity index (χ0v) is 13.1. The van der Waals surface area contributed by atoms with Crippen LogP contribution in [-0.2, 0) is 4.79 Å². The Kier molecular flexibility index (Phi) is 6.02. The van der Waals surface area contributed by atoms with Crippen molar-refractivity contribution in [3.63, 3.8) is 0 Å². The number of hydrogen-bond donors (Lipinski definition) is 3. The summed E-state index contributed by atoms with van der Waals surface area (Å²) >= 11 is 0. The second-order valence-corrected chi connectivity index (χ2v) is 5.23. The van der Waals surface area contributed by atoms with E-state index in [2.05, 4.69) is 16.0 Å². The summed E-state index contributed by atoms with van der Waals surface area (Å²) in [6.45, 7) is 7.45. The van der Waals surface area contributed by atoms with Crippen LogP contribution in [0.2, 0.25) is 0 Å². The molecule has 0 saturated heterocycles. The molecule has 3 amide bonds. The Morgan fingerprint density at radius 1 is 1.14 bits per heavy atom. The van der Waals surface area contributed by atoms with Crippen molar-refractivity contribution in [2.24, 2.45) is 5.92 Å². The van der Waals surface area contributed by atoms with Crippen molar-refractivity contribution in [3.05, 3.63) is 18.2 Å². The maximum atomic E-state index is 11.9. The highest BCUT2D eigenvalue weighted by molar-refractivity contribution is 5.93. The molecule has 0 radical (unpaired) electrons. The third-order valence-corrected chi connectivity index (χ3v) is 3.13. The summed E-state index contributed by atoms with van der Waals surface area (Å²) in [6.07, 6.45) is 0. The van der Waals surface area contributed by atoms with Gasteiger partial charge in [-0.15, -0.1) is 0 Å². The molecule has 0 saturated carbocycles. The number of nitrogens with one attached hydrogen (secondary N) is 3. The molecule has 3 N–H and O–H groups in total. The zero-order valence-electron chi connectivity index (χ0n) is 13.1. The van der Waals surface area contributed by atoms with Crippen LogP contribution in [0.15, 0.2) is 18.2 Å². The summed E-state index contributed by atoms with van der Waals surface area (Å²) in [5.74, 6) is 0.657. The zero-order chi connectivity index (χ0) is 16.0. The normalized spacial score (nSPS) is 11.7. The monoisotopic (exact) mass is 293 g/mol. The quantitative estimate of drug-likeness (QED) is 0.781. The number of benzene rings is 1. The lowest BCUT2D eigenvalue weighted by Crippen LogP contribution is -2.38. The molecule has 0 fully saturated rings. The molecule has 1 aromatic carbocycles. The number of ether oxygens (including phenoxy) is 1. The summed E-state index contributed by atoms with van der Waals surface area (Å²) in [5.41, 5.74) is 1.15. The maximum absolute atomic E-state index is 11.9. The van der Waals surface area contributed by atoms with Crippen LogP contribution in [0.1, 0.15) is 27.7 Å². The van der Waals surface area contributed by atoms with E-state index in [9.17, 15) is 9.59 Å². The lowest BCUT2D eigenvalue weighted by atomic mass is 10.1. The van der Waals surface area contributed by atoms with Crippen LogP contribution in [0, 0.1) is 5.92 Å². The number of hydrogen-bond acceptors (Lipinski definition) is 3. The molecule has 0 spiro atoms. The van der Waals surface area contributed by atoms with Gasteiger partial charge in [0.25, 0.3) is 0 Å². The van der Waals surface area contributed by atoms with Crippen LogP contribution in [-0.4, -0.2) is 25.1 Å². The second-order valence-electron chi connectivity index (χ2n) is 5.23. The van der Waals surface area contributed by atoms with Crippen molar-refractivity contribution in [1.82, 2.24) is 5.32 Å². The Bertz CT molecular complexity index is 515. The van der Waals surface area contributed by atoms with Gasteiger partial charge >= 0.3 is 6.03 Å². The van der Waals surface area contributed by atoms with Gasteiger partial charge in [0.2, 0.25) is 5.91 Å². The fourth-order valence-electron chi connectivity index (χ4n) is 1.60. The molecule has 0 aliphatic carbocycles. The van der Waals surface area contributed by atoms with Crippen LogP contribution in [0.4, 0.5) is 16.2 Å². The van der Waals surface area contributed by atoms with E-state index >= 15 is 0 Å². The average molecular weight is 293 g/mol. The Hall–Kier alpha value is -2.24. The molecule has 0 unspecified atom stereocenters. The predicted molar refractivity (Wildman–Crippen MR) is 83.8 cm³/mol. The van der Waals surface area contributed by atoms with Gasteiger partial charge in [0.15, 0.2) is 0 Å². The van der Waals surface area contributed by atoms with Gasteiger partial charge in [-0.25, -0.2) is 4.79 Å². The molecule has 0 aliphatic rings. The summed E-state index contributed by atoms with van der Waals surface area (Å²) in [4.78, 5) is 22.9. The van der Waals surface area contributed by atoms with Crippen LogP contribution >= 0.6 is 0 Å². The van der Waals surface area contributed by atoms with Crippen molar-refractivity contribution in [1.29, 1.82) is 0 Å². The topological polar surface area (TPSA) is 79.5 Å². The van der Waals surface area contributed by atoms with E-state index in [4.69, 9.17) is 4.74 Å². The number of carbonyl (C=O) groups is 2. The van der Waals surface area contributed by atoms with Crippen LogP contribution < -0.4 is 20.7 Å². The third kappa shape index (κ3) is 5.33. The molecule has 1 atom stereocenters. The van der Waals surface area contributed by atoms with Gasteiger partial charge < -0.3 is 20.7 Å². The third-order valence-electron chi connectivity index (χ3n) is 3.13. The van der Waals surface area contributed by atoms with E-state index in [0.717, 1.165) is 0 Å². The number of urea groups is 1. The standard InChI is InChI=1S/C15H23N3O3/c1-9(2)10(3)16-15(20)18-12-6-7-13(17-11(4)19)14(8-12)21-5/h6-10H,1-5H3,(H,17,19)(H2,16,18,20)/t10-/m0/s1. The number of anilines is 2. The van der Waals surface area contributed by atoms with Crippen molar-refractivity contribution in [2.45, 2.75) is 33.7 Å². The number of methoxy groups -OCH3 is 1. The summed E-state index contributed by atoms with van der Waals surface area (Å²) in [7, 11) is 1.51. The molecule has 21 heavy (non-hydrogen) atoms. The van der Waals surface area contributed by atoms with E-state index in [0.29, 0.717) is 23.0 Å². The minimum atomic E-state index is -0.273. The van der Waals surface area contributed by atoms with E-state index in [1.807, 2.05) is 20.8 Å². The van der Waals surface area contributed by atoms with Gasteiger partial charge in [0.1, 0.15) is 5.75 Å². The van der Waals surface area contributed by atoms with Crippen molar-refractivity contribution >= 4 is 23.3 Å². The minimum Gasteiger partial charge on any atom is -0.494 e. The van der Waals surface area contributed by atoms with Crippen LogP contribution in [0.3, 0.4) is 0 Å². The number of amides is 3. The lowest BCUT2D eigenvalue weighted by Gasteiger charge is -2.18. The van der Waals surface area contributed by atoms with Crippen molar-refractivity contribution < 1.29 is 14.3 Å².